The molecule has 18 heteroatoms. The van der Waals surface area contributed by atoms with Gasteiger partial charge in [-0.2, -0.15) is 5.10 Å². The number of benzene rings is 2. The lowest BCUT2D eigenvalue weighted by molar-refractivity contribution is -0.134. The van der Waals surface area contributed by atoms with Gasteiger partial charge in [0, 0.05) is 81.3 Å². The quantitative estimate of drug-likeness (QED) is 0.176. The highest BCUT2D eigenvalue weighted by atomic mass is 19.1. The second kappa shape index (κ2) is 17.6. The fourth-order valence-electron chi connectivity index (χ4n) is 8.72. The van der Waals surface area contributed by atoms with Gasteiger partial charge in [0.2, 0.25) is 23.6 Å². The summed E-state index contributed by atoms with van der Waals surface area (Å²) in [7, 11) is 3.40. The van der Waals surface area contributed by atoms with Crippen molar-refractivity contribution in [2.75, 3.05) is 50.5 Å². The number of fused-ring (bicyclic) bond motifs is 7. The Hall–Kier alpha value is -6.30. The predicted octanol–water partition coefficient (Wildman–Crippen LogP) is 5.60. The van der Waals surface area contributed by atoms with E-state index in [2.05, 4.69) is 33.0 Å². The number of hydrogen-bond acceptors (Lipinski definition) is 10. The number of carbonyl (C=O) groups excluding carboxylic acids is 4. The molecule has 3 N–H and O–H groups in total. The third-order valence-corrected chi connectivity index (χ3v) is 12.0. The second-order valence-corrected chi connectivity index (χ2v) is 16.5. The molecule has 5 aromatic rings. The highest BCUT2D eigenvalue weighted by Crippen LogP contribution is 2.33. The van der Waals surface area contributed by atoms with Crippen LogP contribution in [0.1, 0.15) is 76.9 Å². The van der Waals surface area contributed by atoms with Gasteiger partial charge in [-0.15, -0.1) is 0 Å². The molecule has 0 unspecified atom stereocenters. The van der Waals surface area contributed by atoms with Crippen LogP contribution in [0.4, 0.5) is 24.8 Å². The SMILES string of the molecule is Cc1cc2cc(n1)-c1cnn(C)c1OCCC[C@@H](C)Cn1c(nc3ccc(C(=O)N(C)[C@@H]4CCN(CCNc5cc(F)c([C@H]6CCC(=O)NC6=O)c(F)c5)C[C@@H]4F)cc31)NC2=O. The first-order valence-electron chi connectivity index (χ1n) is 20.9. The molecule has 2 fully saturated rings. The molecule has 0 spiro atoms. The number of halogens is 3. The van der Waals surface area contributed by atoms with Crippen molar-refractivity contribution >= 4 is 46.3 Å². The highest BCUT2D eigenvalue weighted by Gasteiger charge is 2.35. The molecule has 4 atom stereocenters. The van der Waals surface area contributed by atoms with Gasteiger partial charge in [-0.3, -0.25) is 39.7 Å². The normalized spacial score (nSPS) is 21.2. The summed E-state index contributed by atoms with van der Waals surface area (Å²) in [4.78, 5) is 64.3. The van der Waals surface area contributed by atoms with E-state index in [0.29, 0.717) is 83.6 Å². The molecule has 0 aliphatic carbocycles. The molecule has 15 nitrogen and oxygen atoms in total. The van der Waals surface area contributed by atoms with E-state index in [-0.39, 0.29) is 54.9 Å². The number of carbonyl (C=O) groups is 4. The van der Waals surface area contributed by atoms with Gasteiger partial charge in [0.1, 0.15) is 17.8 Å². The molecule has 3 aliphatic rings. The number of anilines is 2. The first-order valence-corrected chi connectivity index (χ1v) is 20.9. The Bertz CT molecular complexity index is 2540. The zero-order valence-corrected chi connectivity index (χ0v) is 35.0. The second-order valence-electron chi connectivity index (χ2n) is 16.5. The molecule has 3 aliphatic heterocycles. The fourth-order valence-corrected chi connectivity index (χ4v) is 8.72. The first-order chi connectivity index (χ1) is 29.7. The van der Waals surface area contributed by atoms with Crippen molar-refractivity contribution in [2.24, 2.45) is 13.0 Å². The van der Waals surface area contributed by atoms with Crippen LogP contribution in [0.5, 0.6) is 5.88 Å². The molecule has 2 aromatic carbocycles. The van der Waals surface area contributed by atoms with Crippen LogP contribution in [0.2, 0.25) is 0 Å². The number of amides is 4. The number of rotatable bonds is 7. The maximum absolute atomic E-state index is 15.9. The molecular weight excluding hydrogens is 806 g/mol. The molecule has 2 bridgehead atoms. The van der Waals surface area contributed by atoms with Gasteiger partial charge >= 0.3 is 0 Å². The summed E-state index contributed by atoms with van der Waals surface area (Å²) in [6.45, 7) is 6.05. The van der Waals surface area contributed by atoms with Crippen LogP contribution in [0.25, 0.3) is 22.3 Å². The van der Waals surface area contributed by atoms with E-state index >= 15 is 13.2 Å². The van der Waals surface area contributed by atoms with Crippen LogP contribution in [0.3, 0.4) is 0 Å². The lowest BCUT2D eigenvalue weighted by Crippen LogP contribution is -2.53. The molecule has 2 saturated heterocycles. The van der Waals surface area contributed by atoms with E-state index < -0.39 is 41.6 Å². The molecule has 62 heavy (non-hydrogen) atoms. The summed E-state index contributed by atoms with van der Waals surface area (Å²) in [6, 6.07) is 10.1. The van der Waals surface area contributed by atoms with Crippen LogP contribution in [0.15, 0.2) is 48.7 Å². The van der Waals surface area contributed by atoms with Crippen molar-refractivity contribution in [3.05, 3.63) is 82.7 Å². The number of hydrogen-bond donors (Lipinski definition) is 3. The number of nitrogens with zero attached hydrogens (tertiary/aromatic N) is 7. The molecule has 4 amide bonds. The molecule has 326 valence electrons. The number of nitrogens with one attached hydrogen (secondary N) is 3. The van der Waals surface area contributed by atoms with Gasteiger partial charge in [0.15, 0.2) is 0 Å². The van der Waals surface area contributed by atoms with Crippen molar-refractivity contribution in [1.29, 1.82) is 0 Å². The number of likely N-dealkylation sites (tertiary alicyclic amines) is 1. The number of pyridine rings is 1. The van der Waals surface area contributed by atoms with Crippen LogP contribution < -0.4 is 20.7 Å². The maximum Gasteiger partial charge on any atom is 0.258 e. The van der Waals surface area contributed by atoms with Gasteiger partial charge in [0.25, 0.3) is 11.8 Å². The molecule has 8 rings (SSSR count). The van der Waals surface area contributed by atoms with Gasteiger partial charge < -0.3 is 19.5 Å². The van der Waals surface area contributed by atoms with Crippen molar-refractivity contribution in [3.63, 3.8) is 0 Å². The largest absolute Gasteiger partial charge is 0.477 e. The van der Waals surface area contributed by atoms with Crippen LogP contribution in [-0.4, -0.2) is 110 Å². The summed E-state index contributed by atoms with van der Waals surface area (Å²) in [5.41, 5.74) is 3.67. The Morgan fingerprint density at radius 2 is 1.81 bits per heavy atom. The number of piperidine rings is 2. The Kier molecular flexibility index (Phi) is 12.0. The number of imidazole rings is 1. The van der Waals surface area contributed by atoms with Crippen molar-refractivity contribution in [1.82, 2.24) is 39.4 Å². The summed E-state index contributed by atoms with van der Waals surface area (Å²) < 4.78 is 55.6. The fraction of sp³-hybridized carbons (Fsp3) is 0.432. The van der Waals surface area contributed by atoms with Gasteiger partial charge in [-0.1, -0.05) is 6.92 Å². The molecule has 0 saturated carbocycles. The van der Waals surface area contributed by atoms with E-state index in [9.17, 15) is 19.2 Å². The minimum atomic E-state index is -1.36. The predicted molar refractivity (Wildman–Crippen MR) is 225 cm³/mol. The van der Waals surface area contributed by atoms with Crippen LogP contribution >= 0.6 is 0 Å². The molecule has 6 heterocycles. The monoisotopic (exact) mass is 854 g/mol. The molecule has 3 aromatic heterocycles. The van der Waals surface area contributed by atoms with Crippen molar-refractivity contribution in [3.8, 4) is 17.1 Å². The Morgan fingerprint density at radius 3 is 2.56 bits per heavy atom. The summed E-state index contributed by atoms with van der Waals surface area (Å²) >= 11 is 0. The number of alkyl halides is 1. The Balaban J connectivity index is 0.931. The van der Waals surface area contributed by atoms with Crippen LogP contribution in [0, 0.1) is 24.5 Å². The van der Waals surface area contributed by atoms with Crippen molar-refractivity contribution in [2.45, 2.75) is 70.6 Å². The maximum atomic E-state index is 15.9. The summed E-state index contributed by atoms with van der Waals surface area (Å²) in [5.74, 6) is -3.75. The van der Waals surface area contributed by atoms with Crippen LogP contribution in [-0.2, 0) is 23.2 Å². The number of ether oxygens (including phenoxy) is 1. The van der Waals surface area contributed by atoms with Crippen molar-refractivity contribution < 1.29 is 37.1 Å². The average Bonchev–Trinajstić information content (AvgIpc) is 3.76. The summed E-state index contributed by atoms with van der Waals surface area (Å²) in [6.07, 6.45) is 2.26. The topological polar surface area (TPSA) is 169 Å². The van der Waals surface area contributed by atoms with Gasteiger partial charge in [-0.25, -0.2) is 22.8 Å². The minimum absolute atomic E-state index is 0.00245. The minimum Gasteiger partial charge on any atom is -0.477 e. The molecular formula is C44H49F3N10O5. The lowest BCUT2D eigenvalue weighted by atomic mass is 9.89. The smallest absolute Gasteiger partial charge is 0.258 e. The van der Waals surface area contributed by atoms with E-state index in [1.165, 1.54) is 4.90 Å². The van der Waals surface area contributed by atoms with Gasteiger partial charge in [0.05, 0.1) is 47.1 Å². The standard InChI is InChI=1S/C44H49F3N10O5/c1-24-6-5-15-62-43-30(21-49-55(43)4)35-17-27(16-25(2)50-35)40(59)53-44-51-34-9-7-26(18-37(34)57(44)22-24)42(61)54(3)36-11-13-56(23-33(36)47)14-12-48-28-19-31(45)39(32(46)20-28)29-8-10-38(58)52-41(29)60/h7,9,16-21,24,29,33,36,48H,5-6,8,10-15,22-23H2,1-4H3,(H,51,53,59)(H,52,58,60)/t24-,29-,33+,36-/m1/s1. The number of aromatic nitrogens is 5. The first kappa shape index (κ1) is 42.4. The average molecular weight is 855 g/mol. The van der Waals surface area contributed by atoms with E-state index in [1.807, 2.05) is 16.4 Å². The molecule has 0 radical (unpaired) electrons. The number of aryl methyl sites for hydroxylation is 2. The Morgan fingerprint density at radius 1 is 1.02 bits per heavy atom. The van der Waals surface area contributed by atoms with E-state index in [1.54, 1.807) is 55.3 Å². The third kappa shape index (κ3) is 8.73. The lowest BCUT2D eigenvalue weighted by Gasteiger charge is -2.39. The van der Waals surface area contributed by atoms with E-state index in [0.717, 1.165) is 25.0 Å². The zero-order valence-electron chi connectivity index (χ0n) is 35.0. The van der Waals surface area contributed by atoms with E-state index in [4.69, 9.17) is 9.72 Å². The zero-order chi connectivity index (χ0) is 43.8. The third-order valence-electron chi connectivity index (χ3n) is 12.0. The summed E-state index contributed by atoms with van der Waals surface area (Å²) in [5, 5.41) is 12.5. The highest BCUT2D eigenvalue weighted by molar-refractivity contribution is 6.05. The van der Waals surface area contributed by atoms with Gasteiger partial charge in [-0.05, 0) is 81.0 Å². The number of imide groups is 1. The Labute approximate surface area is 356 Å².